The third-order valence-corrected chi connectivity index (χ3v) is 5.89. The number of ether oxygens (including phenoxy) is 1. The van der Waals surface area contributed by atoms with E-state index in [2.05, 4.69) is 26.0 Å². The van der Waals surface area contributed by atoms with Crippen molar-refractivity contribution in [2.45, 2.75) is 129 Å². The van der Waals surface area contributed by atoms with Crippen molar-refractivity contribution in [1.29, 1.82) is 0 Å². The Kier molecular flexibility index (Phi) is 17.0. The maximum absolute atomic E-state index is 5.52. The molecule has 0 heterocycles. The molecule has 1 heteroatoms. The van der Waals surface area contributed by atoms with E-state index < -0.39 is 0 Å². The Morgan fingerprint density at radius 1 is 0.704 bits per heavy atom. The zero-order chi connectivity index (χ0) is 19.4. The van der Waals surface area contributed by atoms with Crippen molar-refractivity contribution in [3.8, 4) is 0 Å². The lowest BCUT2D eigenvalue weighted by Gasteiger charge is -2.12. The molecule has 0 radical (unpaired) electrons. The zero-order valence-electron chi connectivity index (χ0n) is 18.7. The van der Waals surface area contributed by atoms with E-state index in [0.717, 1.165) is 19.6 Å². The van der Waals surface area contributed by atoms with E-state index in [4.69, 9.17) is 4.74 Å². The summed E-state index contributed by atoms with van der Waals surface area (Å²) in [6.07, 6.45) is 29.6. The smallest absolute Gasteiger partial charge is 0.0466 e. The molecule has 0 saturated heterocycles. The fourth-order valence-corrected chi connectivity index (χ4v) is 4.01. The number of hydrogen-bond donors (Lipinski definition) is 0. The predicted octanol–water partition coefficient (Wildman–Crippen LogP) is 8.93. The lowest BCUT2D eigenvalue weighted by molar-refractivity contribution is 0.130. The fourth-order valence-electron chi connectivity index (χ4n) is 4.01. The third-order valence-electron chi connectivity index (χ3n) is 5.89. The third kappa shape index (κ3) is 15.1. The van der Waals surface area contributed by atoms with Crippen molar-refractivity contribution in [3.05, 3.63) is 23.3 Å². The standard InChI is InChI=1S/C26H48O/c1-3-23-27-24-19-15-13-11-9-7-5-4-6-8-10-12-14-16-21-26-22-18-17-20-25(26)2/h18,22H,3-17,19-21,23-24H2,1-2H3. The van der Waals surface area contributed by atoms with Gasteiger partial charge in [-0.25, -0.2) is 0 Å². The summed E-state index contributed by atoms with van der Waals surface area (Å²) in [6.45, 7) is 6.41. The van der Waals surface area contributed by atoms with Gasteiger partial charge < -0.3 is 4.74 Å². The molecular weight excluding hydrogens is 328 g/mol. The fraction of sp³-hybridized carbons (Fsp3) is 0.846. The average molecular weight is 377 g/mol. The first-order chi connectivity index (χ1) is 13.3. The van der Waals surface area contributed by atoms with Crippen LogP contribution < -0.4 is 0 Å². The van der Waals surface area contributed by atoms with E-state index >= 15 is 0 Å². The van der Waals surface area contributed by atoms with Crippen LogP contribution in [0.15, 0.2) is 23.3 Å². The first-order valence-electron chi connectivity index (χ1n) is 12.3. The Hall–Kier alpha value is -0.560. The summed E-state index contributed by atoms with van der Waals surface area (Å²) in [6, 6.07) is 0. The zero-order valence-corrected chi connectivity index (χ0v) is 18.7. The second kappa shape index (κ2) is 18.8. The number of hydrogen-bond acceptors (Lipinski definition) is 1. The van der Waals surface area contributed by atoms with E-state index in [9.17, 15) is 0 Å². The van der Waals surface area contributed by atoms with Gasteiger partial charge in [0.25, 0.3) is 0 Å². The molecule has 0 bridgehead atoms. The SMILES string of the molecule is CCCOCCCCCCCCCCCCCCCCC1=C(C)CCC=C1. The molecule has 27 heavy (non-hydrogen) atoms. The molecule has 0 spiro atoms. The molecule has 0 N–H and O–H groups in total. The van der Waals surface area contributed by atoms with Gasteiger partial charge in [-0.3, -0.25) is 0 Å². The monoisotopic (exact) mass is 376 g/mol. The maximum atomic E-state index is 5.52. The Labute approximate surface area is 171 Å². The van der Waals surface area contributed by atoms with Crippen LogP contribution in [0.1, 0.15) is 129 Å². The van der Waals surface area contributed by atoms with Crippen molar-refractivity contribution in [2.75, 3.05) is 13.2 Å². The van der Waals surface area contributed by atoms with Crippen LogP contribution in [0.4, 0.5) is 0 Å². The molecule has 0 aromatic carbocycles. The van der Waals surface area contributed by atoms with Gasteiger partial charge in [0, 0.05) is 13.2 Å². The molecule has 0 fully saturated rings. The summed E-state index contributed by atoms with van der Waals surface area (Å²) < 4.78 is 5.52. The van der Waals surface area contributed by atoms with E-state index in [-0.39, 0.29) is 0 Å². The van der Waals surface area contributed by atoms with E-state index in [0.29, 0.717) is 0 Å². The second-order valence-corrected chi connectivity index (χ2v) is 8.56. The van der Waals surface area contributed by atoms with Crippen LogP contribution >= 0.6 is 0 Å². The number of unbranched alkanes of at least 4 members (excludes halogenated alkanes) is 13. The number of rotatable bonds is 19. The largest absolute Gasteiger partial charge is 0.381 e. The van der Waals surface area contributed by atoms with Gasteiger partial charge in [0.2, 0.25) is 0 Å². The summed E-state index contributed by atoms with van der Waals surface area (Å²) in [4.78, 5) is 0. The molecule has 1 aliphatic carbocycles. The van der Waals surface area contributed by atoms with Gasteiger partial charge in [0.05, 0.1) is 0 Å². The molecule has 0 saturated carbocycles. The van der Waals surface area contributed by atoms with Crippen molar-refractivity contribution in [3.63, 3.8) is 0 Å². The molecule has 158 valence electrons. The van der Waals surface area contributed by atoms with Gasteiger partial charge in [0.15, 0.2) is 0 Å². The minimum atomic E-state index is 0.940. The van der Waals surface area contributed by atoms with Crippen LogP contribution in [-0.2, 0) is 4.74 Å². The lowest BCUT2D eigenvalue weighted by Crippen LogP contribution is -1.95. The topological polar surface area (TPSA) is 9.23 Å². The van der Waals surface area contributed by atoms with Crippen molar-refractivity contribution in [2.24, 2.45) is 0 Å². The van der Waals surface area contributed by atoms with Crippen molar-refractivity contribution in [1.82, 2.24) is 0 Å². The van der Waals surface area contributed by atoms with E-state index in [1.165, 1.54) is 109 Å². The minimum absolute atomic E-state index is 0.940. The summed E-state index contributed by atoms with van der Waals surface area (Å²) in [5.74, 6) is 0. The molecule has 0 unspecified atom stereocenters. The van der Waals surface area contributed by atoms with E-state index in [1.54, 1.807) is 11.1 Å². The maximum Gasteiger partial charge on any atom is 0.0466 e. The molecule has 0 atom stereocenters. The number of allylic oxidation sites excluding steroid dienone is 4. The summed E-state index contributed by atoms with van der Waals surface area (Å²) in [5, 5.41) is 0. The Morgan fingerprint density at radius 2 is 1.22 bits per heavy atom. The summed E-state index contributed by atoms with van der Waals surface area (Å²) >= 11 is 0. The minimum Gasteiger partial charge on any atom is -0.381 e. The Morgan fingerprint density at radius 3 is 1.74 bits per heavy atom. The molecule has 1 aliphatic rings. The van der Waals surface area contributed by atoms with Gasteiger partial charge in [-0.05, 0) is 51.0 Å². The highest BCUT2D eigenvalue weighted by Crippen LogP contribution is 2.23. The van der Waals surface area contributed by atoms with Crippen molar-refractivity contribution >= 4 is 0 Å². The highest BCUT2D eigenvalue weighted by atomic mass is 16.5. The molecule has 1 nitrogen and oxygen atoms in total. The first kappa shape index (κ1) is 24.5. The second-order valence-electron chi connectivity index (χ2n) is 8.56. The van der Waals surface area contributed by atoms with Gasteiger partial charge in [-0.2, -0.15) is 0 Å². The molecular formula is C26H48O. The summed E-state index contributed by atoms with van der Waals surface area (Å²) in [5.41, 5.74) is 3.27. The van der Waals surface area contributed by atoms with Crippen LogP contribution in [0.5, 0.6) is 0 Å². The van der Waals surface area contributed by atoms with Gasteiger partial charge in [0.1, 0.15) is 0 Å². The van der Waals surface area contributed by atoms with Gasteiger partial charge in [-0.15, -0.1) is 0 Å². The lowest BCUT2D eigenvalue weighted by atomic mass is 9.94. The van der Waals surface area contributed by atoms with Crippen molar-refractivity contribution < 1.29 is 4.74 Å². The quantitative estimate of drug-likeness (QED) is 0.204. The molecule has 0 aromatic heterocycles. The molecule has 0 aromatic rings. The van der Waals surface area contributed by atoms with Gasteiger partial charge in [-0.1, -0.05) is 102 Å². The Bertz CT molecular complexity index is 380. The highest BCUT2D eigenvalue weighted by Gasteiger charge is 2.03. The van der Waals surface area contributed by atoms with Crippen LogP contribution in [0, 0.1) is 0 Å². The van der Waals surface area contributed by atoms with Crippen LogP contribution in [0.2, 0.25) is 0 Å². The molecule has 0 aliphatic heterocycles. The first-order valence-corrected chi connectivity index (χ1v) is 12.3. The normalized spacial score (nSPS) is 14.3. The van der Waals surface area contributed by atoms with Gasteiger partial charge >= 0.3 is 0 Å². The van der Waals surface area contributed by atoms with Crippen LogP contribution in [0.25, 0.3) is 0 Å². The van der Waals surface area contributed by atoms with E-state index in [1.807, 2.05) is 0 Å². The average Bonchev–Trinajstić information content (AvgIpc) is 2.68. The molecule has 0 amide bonds. The summed E-state index contributed by atoms with van der Waals surface area (Å²) in [7, 11) is 0. The molecule has 1 rings (SSSR count). The predicted molar refractivity (Wildman–Crippen MR) is 121 cm³/mol. The van der Waals surface area contributed by atoms with Crippen LogP contribution in [-0.4, -0.2) is 13.2 Å². The highest BCUT2D eigenvalue weighted by molar-refractivity contribution is 5.28. The Balaban J connectivity index is 1.72. The van der Waals surface area contributed by atoms with Crippen LogP contribution in [0.3, 0.4) is 0 Å².